The van der Waals surface area contributed by atoms with Crippen molar-refractivity contribution in [3.63, 3.8) is 0 Å². The third-order valence-corrected chi connectivity index (χ3v) is 8.76. The second-order valence-corrected chi connectivity index (χ2v) is 11.4. The molecule has 2 aromatic carbocycles. The second kappa shape index (κ2) is 10.3. The lowest BCUT2D eigenvalue weighted by molar-refractivity contribution is -0.384. The third-order valence-electron chi connectivity index (χ3n) is 7.66. The number of hydrogen-bond donors (Lipinski definition) is 0. The Hall–Kier alpha value is -3.55. The number of halogens is 1. The van der Waals surface area contributed by atoms with Gasteiger partial charge in [-0.2, -0.15) is 0 Å². The SMILES string of the molecule is COC1=CCC2(C)C(=C1)C(Cc1nc(-c3cccc([N+](=O)[O-])c3)cs1)=C(C)CC2C(=O)c1ccc(Cl)cc1. The van der Waals surface area contributed by atoms with Crippen LogP contribution in [0.2, 0.25) is 5.02 Å². The average molecular weight is 547 g/mol. The Bertz CT molecular complexity index is 1520. The number of carbonyl (C=O) groups excluding carboxylic acids is 1. The molecule has 2 aliphatic rings. The van der Waals surface area contributed by atoms with Crippen LogP contribution in [-0.2, 0) is 11.2 Å². The molecular formula is C30H27ClN2O4S. The van der Waals surface area contributed by atoms with Crippen molar-refractivity contribution in [2.24, 2.45) is 11.3 Å². The molecule has 38 heavy (non-hydrogen) atoms. The quantitative estimate of drug-likeness (QED) is 0.170. The van der Waals surface area contributed by atoms with Gasteiger partial charge in [-0.05, 0) is 67.3 Å². The van der Waals surface area contributed by atoms with Crippen molar-refractivity contribution in [2.75, 3.05) is 7.11 Å². The van der Waals surface area contributed by atoms with Gasteiger partial charge in [0.25, 0.3) is 5.69 Å². The molecule has 0 N–H and O–H groups in total. The molecule has 2 unspecified atom stereocenters. The Kier molecular flexibility index (Phi) is 7.07. The molecule has 0 fully saturated rings. The number of ether oxygens (including phenoxy) is 1. The van der Waals surface area contributed by atoms with Crippen molar-refractivity contribution in [2.45, 2.75) is 33.1 Å². The van der Waals surface area contributed by atoms with Gasteiger partial charge in [-0.25, -0.2) is 4.98 Å². The number of thiazole rings is 1. The number of nitrogens with zero attached hydrogens (tertiary/aromatic N) is 2. The van der Waals surface area contributed by atoms with Crippen LogP contribution in [-0.4, -0.2) is 22.8 Å². The topological polar surface area (TPSA) is 82.3 Å². The summed E-state index contributed by atoms with van der Waals surface area (Å²) in [5.74, 6) is 0.689. The van der Waals surface area contributed by atoms with Gasteiger partial charge in [-0.15, -0.1) is 11.3 Å². The molecule has 194 valence electrons. The molecule has 0 amide bonds. The molecule has 0 spiro atoms. The van der Waals surface area contributed by atoms with Gasteiger partial charge in [0.15, 0.2) is 5.78 Å². The zero-order valence-corrected chi connectivity index (χ0v) is 22.9. The molecule has 0 aliphatic heterocycles. The van der Waals surface area contributed by atoms with Crippen molar-refractivity contribution in [1.82, 2.24) is 4.98 Å². The summed E-state index contributed by atoms with van der Waals surface area (Å²) in [5.41, 5.74) is 5.20. The number of benzene rings is 2. The number of nitro groups is 1. The van der Waals surface area contributed by atoms with Crippen LogP contribution in [0.1, 0.15) is 42.1 Å². The van der Waals surface area contributed by atoms with Gasteiger partial charge >= 0.3 is 0 Å². The Balaban J connectivity index is 1.50. The lowest BCUT2D eigenvalue weighted by atomic mass is 9.57. The molecule has 0 saturated carbocycles. The van der Waals surface area contributed by atoms with Crippen LogP contribution in [0.3, 0.4) is 0 Å². The molecule has 3 aromatic rings. The molecule has 0 radical (unpaired) electrons. The maximum atomic E-state index is 13.8. The maximum Gasteiger partial charge on any atom is 0.270 e. The smallest absolute Gasteiger partial charge is 0.270 e. The Morgan fingerprint density at radius 2 is 2.03 bits per heavy atom. The van der Waals surface area contributed by atoms with E-state index >= 15 is 0 Å². The number of Topliss-reactive ketones (excluding diaryl/α,β-unsaturated/α-hetero) is 1. The summed E-state index contributed by atoms with van der Waals surface area (Å²) < 4.78 is 5.60. The predicted molar refractivity (Wildman–Crippen MR) is 150 cm³/mol. The third kappa shape index (κ3) is 4.84. The summed E-state index contributed by atoms with van der Waals surface area (Å²) in [7, 11) is 1.66. The summed E-state index contributed by atoms with van der Waals surface area (Å²) in [4.78, 5) is 29.4. The standard InChI is InChI=1S/C30H27ClN2O4S/c1-18-13-26(29(34)19-7-9-21(31)10-8-19)30(2)12-11-23(37-3)15-25(30)24(18)16-28-32-27(17-38-28)20-5-4-6-22(14-20)33(35)36/h4-11,14-15,17,26H,12-13,16H2,1-3H3. The Labute approximate surface area is 230 Å². The first-order chi connectivity index (χ1) is 18.2. The van der Waals surface area contributed by atoms with Crippen LogP contribution in [0.25, 0.3) is 11.3 Å². The summed E-state index contributed by atoms with van der Waals surface area (Å²) in [6.45, 7) is 4.26. The fraction of sp³-hybridized carbons (Fsp3) is 0.267. The van der Waals surface area contributed by atoms with E-state index < -0.39 is 10.3 Å². The Morgan fingerprint density at radius 3 is 2.74 bits per heavy atom. The highest BCUT2D eigenvalue weighted by molar-refractivity contribution is 7.10. The normalized spacial score (nSPS) is 20.9. The summed E-state index contributed by atoms with van der Waals surface area (Å²) in [6.07, 6.45) is 6.10. The van der Waals surface area contributed by atoms with Gasteiger partial charge in [-0.1, -0.05) is 36.2 Å². The van der Waals surface area contributed by atoms with E-state index in [9.17, 15) is 14.9 Å². The zero-order chi connectivity index (χ0) is 27.0. The number of non-ortho nitro benzene ring substituents is 1. The van der Waals surface area contributed by atoms with Crippen LogP contribution >= 0.6 is 22.9 Å². The number of aromatic nitrogens is 1. The number of rotatable bonds is 7. The summed E-state index contributed by atoms with van der Waals surface area (Å²) in [6, 6.07) is 13.7. The number of carbonyl (C=O) groups is 1. The van der Waals surface area contributed by atoms with Crippen LogP contribution < -0.4 is 0 Å². The fourth-order valence-corrected chi connectivity index (χ4v) is 6.42. The highest BCUT2D eigenvalue weighted by Crippen LogP contribution is 2.54. The van der Waals surface area contributed by atoms with E-state index in [1.807, 2.05) is 11.4 Å². The minimum atomic E-state index is -0.397. The highest BCUT2D eigenvalue weighted by atomic mass is 35.5. The zero-order valence-electron chi connectivity index (χ0n) is 21.4. The first-order valence-corrected chi connectivity index (χ1v) is 13.6. The van der Waals surface area contributed by atoms with Gasteiger partial charge in [0.2, 0.25) is 0 Å². The van der Waals surface area contributed by atoms with E-state index in [1.165, 1.54) is 23.0 Å². The molecule has 6 nitrogen and oxygen atoms in total. The summed E-state index contributed by atoms with van der Waals surface area (Å²) in [5, 5.41) is 14.7. The lowest BCUT2D eigenvalue weighted by Gasteiger charge is -2.45. The van der Waals surface area contributed by atoms with E-state index in [1.54, 1.807) is 43.5 Å². The van der Waals surface area contributed by atoms with Gasteiger partial charge < -0.3 is 4.74 Å². The van der Waals surface area contributed by atoms with Crippen molar-refractivity contribution >= 4 is 34.4 Å². The minimum Gasteiger partial charge on any atom is -0.497 e. The number of methoxy groups -OCH3 is 1. The van der Waals surface area contributed by atoms with Crippen LogP contribution in [0, 0.1) is 21.4 Å². The largest absolute Gasteiger partial charge is 0.497 e. The predicted octanol–water partition coefficient (Wildman–Crippen LogP) is 8.00. The van der Waals surface area contributed by atoms with Gasteiger partial charge in [0, 0.05) is 51.4 Å². The first-order valence-electron chi connectivity index (χ1n) is 12.3. The molecule has 5 rings (SSSR count). The first kappa shape index (κ1) is 26.1. The van der Waals surface area contributed by atoms with Crippen molar-refractivity contribution < 1.29 is 14.5 Å². The number of hydrogen-bond acceptors (Lipinski definition) is 6. The molecule has 2 aliphatic carbocycles. The van der Waals surface area contributed by atoms with Crippen LogP contribution in [0.4, 0.5) is 5.69 Å². The molecular weight excluding hydrogens is 520 g/mol. The molecule has 2 atom stereocenters. The average Bonchev–Trinajstić information content (AvgIpc) is 3.39. The van der Waals surface area contributed by atoms with Crippen LogP contribution in [0.5, 0.6) is 0 Å². The van der Waals surface area contributed by atoms with E-state index in [2.05, 4.69) is 26.0 Å². The second-order valence-electron chi connectivity index (χ2n) is 9.99. The highest BCUT2D eigenvalue weighted by Gasteiger charge is 2.47. The number of nitro benzene ring substituents is 1. The molecule has 0 saturated heterocycles. The number of ketones is 1. The molecule has 1 heterocycles. The summed E-state index contributed by atoms with van der Waals surface area (Å²) >= 11 is 7.61. The van der Waals surface area contributed by atoms with E-state index in [4.69, 9.17) is 21.3 Å². The minimum absolute atomic E-state index is 0.0429. The van der Waals surface area contributed by atoms with Gasteiger partial charge in [0.05, 0.1) is 22.7 Å². The van der Waals surface area contributed by atoms with Gasteiger partial charge in [0.1, 0.15) is 5.76 Å². The number of fused-ring (bicyclic) bond motifs is 1. The molecule has 8 heteroatoms. The van der Waals surface area contributed by atoms with Crippen molar-refractivity contribution in [3.8, 4) is 11.3 Å². The molecule has 1 aromatic heterocycles. The van der Waals surface area contributed by atoms with Gasteiger partial charge in [-0.3, -0.25) is 14.9 Å². The van der Waals surface area contributed by atoms with E-state index in [-0.39, 0.29) is 17.4 Å². The Morgan fingerprint density at radius 1 is 1.26 bits per heavy atom. The number of allylic oxidation sites excluding steroid dienone is 5. The van der Waals surface area contributed by atoms with E-state index in [0.717, 1.165) is 33.2 Å². The van der Waals surface area contributed by atoms with Crippen molar-refractivity contribution in [3.05, 3.63) is 114 Å². The maximum absolute atomic E-state index is 13.8. The fourth-order valence-electron chi connectivity index (χ4n) is 5.48. The lowest BCUT2D eigenvalue weighted by Crippen LogP contribution is -2.40. The molecule has 0 bridgehead atoms. The monoisotopic (exact) mass is 546 g/mol. The van der Waals surface area contributed by atoms with Crippen molar-refractivity contribution in [1.29, 1.82) is 0 Å². The van der Waals surface area contributed by atoms with Crippen LogP contribution in [0.15, 0.2) is 88.5 Å². The van der Waals surface area contributed by atoms with E-state index in [0.29, 0.717) is 29.8 Å².